The monoisotopic (exact) mass is 297 g/mol. The number of aromatic nitrogens is 1. The second-order valence-electron chi connectivity index (χ2n) is 6.16. The predicted molar refractivity (Wildman–Crippen MR) is 83.5 cm³/mol. The maximum atomic E-state index is 12.6. The van der Waals surface area contributed by atoms with E-state index in [0.717, 1.165) is 25.1 Å². The van der Waals surface area contributed by atoms with Crippen LogP contribution in [0.2, 0.25) is 0 Å². The third-order valence-corrected chi connectivity index (χ3v) is 3.54. The van der Waals surface area contributed by atoms with E-state index in [-0.39, 0.29) is 17.4 Å². The van der Waals surface area contributed by atoms with E-state index in [0.29, 0.717) is 12.0 Å². The molecule has 112 valence electrons. The first-order valence-electron chi connectivity index (χ1n) is 7.19. The molecule has 0 radical (unpaired) electrons. The molecule has 1 rings (SSSR count). The van der Waals surface area contributed by atoms with Gasteiger partial charge in [0.15, 0.2) is 0 Å². The standard InChI is InChI=1S/C16H24ClNO2/c1-5-6-11-18-13(16(2,3)4)9-7-12(15(18)20)8-10-14(17)19/h7,9H,5-6,8,10-11H2,1-4H3. The maximum Gasteiger partial charge on any atom is 0.253 e. The molecule has 0 aliphatic rings. The average molecular weight is 298 g/mol. The Morgan fingerprint density at radius 1 is 1.30 bits per heavy atom. The van der Waals surface area contributed by atoms with Gasteiger partial charge >= 0.3 is 0 Å². The SMILES string of the molecule is CCCCn1c(C(C)(C)C)ccc(CCC(=O)Cl)c1=O. The van der Waals surface area contributed by atoms with Crippen LogP contribution in [-0.4, -0.2) is 9.81 Å². The lowest BCUT2D eigenvalue weighted by Gasteiger charge is -2.25. The molecular weight excluding hydrogens is 274 g/mol. The van der Waals surface area contributed by atoms with Gasteiger partial charge in [0.2, 0.25) is 5.24 Å². The summed E-state index contributed by atoms with van der Waals surface area (Å²) in [6.07, 6.45) is 2.64. The van der Waals surface area contributed by atoms with E-state index in [9.17, 15) is 9.59 Å². The molecule has 0 saturated carbocycles. The zero-order valence-corrected chi connectivity index (χ0v) is 13.6. The number of hydrogen-bond donors (Lipinski definition) is 0. The van der Waals surface area contributed by atoms with E-state index in [2.05, 4.69) is 27.7 Å². The van der Waals surface area contributed by atoms with Gasteiger partial charge in [-0.15, -0.1) is 0 Å². The number of rotatable bonds is 6. The quantitative estimate of drug-likeness (QED) is 0.752. The molecule has 0 saturated heterocycles. The van der Waals surface area contributed by atoms with Crippen LogP contribution in [0.25, 0.3) is 0 Å². The molecule has 0 aliphatic carbocycles. The number of pyridine rings is 1. The van der Waals surface area contributed by atoms with E-state index in [1.54, 1.807) is 0 Å². The van der Waals surface area contributed by atoms with E-state index in [1.807, 2.05) is 16.7 Å². The highest BCUT2D eigenvalue weighted by molar-refractivity contribution is 6.63. The minimum Gasteiger partial charge on any atom is -0.312 e. The van der Waals surface area contributed by atoms with Crippen molar-refractivity contribution in [1.82, 2.24) is 4.57 Å². The third kappa shape index (κ3) is 4.48. The molecule has 0 unspecified atom stereocenters. The minimum absolute atomic E-state index is 0.0174. The topological polar surface area (TPSA) is 39.1 Å². The molecule has 0 spiro atoms. The van der Waals surface area contributed by atoms with Crippen LogP contribution in [0, 0.1) is 0 Å². The number of aryl methyl sites for hydroxylation is 1. The Labute approximate surface area is 126 Å². The maximum absolute atomic E-state index is 12.6. The molecule has 0 atom stereocenters. The number of carbonyl (C=O) groups excluding carboxylic acids is 1. The Morgan fingerprint density at radius 2 is 1.95 bits per heavy atom. The van der Waals surface area contributed by atoms with E-state index < -0.39 is 5.24 Å². The van der Waals surface area contributed by atoms with E-state index >= 15 is 0 Å². The summed E-state index contributed by atoms with van der Waals surface area (Å²) in [6.45, 7) is 9.15. The van der Waals surface area contributed by atoms with Gasteiger partial charge in [-0.25, -0.2) is 0 Å². The zero-order chi connectivity index (χ0) is 15.3. The Balaban J connectivity index is 3.20. The lowest BCUT2D eigenvalue weighted by atomic mass is 9.90. The van der Waals surface area contributed by atoms with Crippen molar-refractivity contribution < 1.29 is 4.79 Å². The number of carbonyl (C=O) groups is 1. The van der Waals surface area contributed by atoms with Crippen LogP contribution in [0.1, 0.15) is 58.2 Å². The normalized spacial score (nSPS) is 11.7. The minimum atomic E-state index is -0.399. The smallest absolute Gasteiger partial charge is 0.253 e. The summed E-state index contributed by atoms with van der Waals surface area (Å²) in [5.74, 6) is 0. The molecule has 1 aromatic rings. The molecule has 0 N–H and O–H groups in total. The highest BCUT2D eigenvalue weighted by Gasteiger charge is 2.20. The van der Waals surface area contributed by atoms with Crippen molar-refractivity contribution in [3.63, 3.8) is 0 Å². The van der Waals surface area contributed by atoms with Crippen molar-refractivity contribution in [3.05, 3.63) is 33.7 Å². The second-order valence-corrected chi connectivity index (χ2v) is 6.58. The average Bonchev–Trinajstić information content (AvgIpc) is 2.34. The van der Waals surface area contributed by atoms with E-state index in [4.69, 9.17) is 11.6 Å². The Kier molecular flexibility index (Phi) is 6.00. The fourth-order valence-corrected chi connectivity index (χ4v) is 2.33. The molecule has 20 heavy (non-hydrogen) atoms. The molecular formula is C16H24ClNO2. The number of halogens is 1. The van der Waals surface area contributed by atoms with Crippen molar-refractivity contribution in [2.45, 2.75) is 65.3 Å². The molecule has 3 nitrogen and oxygen atoms in total. The van der Waals surface area contributed by atoms with Crippen LogP contribution in [0.4, 0.5) is 0 Å². The Morgan fingerprint density at radius 3 is 2.45 bits per heavy atom. The fourth-order valence-electron chi connectivity index (χ4n) is 2.24. The van der Waals surface area contributed by atoms with Crippen LogP contribution >= 0.6 is 11.6 Å². The predicted octanol–water partition coefficient (Wildman–Crippen LogP) is 3.64. The summed E-state index contributed by atoms with van der Waals surface area (Å²) in [7, 11) is 0. The van der Waals surface area contributed by atoms with Crippen molar-refractivity contribution in [2.75, 3.05) is 0 Å². The molecule has 1 aromatic heterocycles. The van der Waals surface area contributed by atoms with Crippen molar-refractivity contribution in [2.24, 2.45) is 0 Å². The lowest BCUT2D eigenvalue weighted by molar-refractivity contribution is -0.111. The molecule has 0 bridgehead atoms. The van der Waals surface area contributed by atoms with Crippen molar-refractivity contribution in [1.29, 1.82) is 0 Å². The van der Waals surface area contributed by atoms with Crippen molar-refractivity contribution >= 4 is 16.8 Å². The largest absolute Gasteiger partial charge is 0.312 e. The van der Waals surface area contributed by atoms with Gasteiger partial charge in [-0.2, -0.15) is 0 Å². The summed E-state index contributed by atoms with van der Waals surface area (Å²) >= 11 is 5.36. The summed E-state index contributed by atoms with van der Waals surface area (Å²) in [6, 6.07) is 3.84. The first-order chi connectivity index (χ1) is 9.27. The van der Waals surface area contributed by atoms with Gasteiger partial charge < -0.3 is 4.57 Å². The van der Waals surface area contributed by atoms with Gasteiger partial charge in [-0.1, -0.05) is 40.2 Å². The lowest BCUT2D eigenvalue weighted by Crippen LogP contribution is -2.31. The van der Waals surface area contributed by atoms with Crippen LogP contribution in [0.15, 0.2) is 16.9 Å². The molecule has 0 aromatic carbocycles. The van der Waals surface area contributed by atoms with Crippen molar-refractivity contribution in [3.8, 4) is 0 Å². The molecule has 0 aliphatic heterocycles. The summed E-state index contributed by atoms with van der Waals surface area (Å²) in [5.41, 5.74) is 1.65. The summed E-state index contributed by atoms with van der Waals surface area (Å²) < 4.78 is 1.86. The van der Waals surface area contributed by atoms with Gasteiger partial charge in [0.05, 0.1) is 0 Å². The first-order valence-corrected chi connectivity index (χ1v) is 7.56. The molecule has 0 fully saturated rings. The van der Waals surface area contributed by atoms with Crippen LogP contribution in [0.3, 0.4) is 0 Å². The zero-order valence-electron chi connectivity index (χ0n) is 12.8. The van der Waals surface area contributed by atoms with Gasteiger partial charge in [0.1, 0.15) is 0 Å². The highest BCUT2D eigenvalue weighted by atomic mass is 35.5. The van der Waals surface area contributed by atoms with Gasteiger partial charge in [0, 0.05) is 29.6 Å². The second kappa shape index (κ2) is 7.07. The van der Waals surface area contributed by atoms with Crippen LogP contribution in [-0.2, 0) is 23.2 Å². The highest BCUT2D eigenvalue weighted by Crippen LogP contribution is 2.21. The van der Waals surface area contributed by atoms with Crippen LogP contribution < -0.4 is 5.56 Å². The summed E-state index contributed by atoms with van der Waals surface area (Å²) in [5, 5.41) is -0.399. The molecule has 4 heteroatoms. The number of unbranched alkanes of at least 4 members (excludes halogenated alkanes) is 1. The third-order valence-electron chi connectivity index (χ3n) is 3.35. The Bertz CT molecular complexity index is 526. The first kappa shape index (κ1) is 17.0. The van der Waals surface area contributed by atoms with Gasteiger partial charge in [0.25, 0.3) is 5.56 Å². The summed E-state index contributed by atoms with van der Waals surface area (Å²) in [4.78, 5) is 23.4. The number of hydrogen-bond acceptors (Lipinski definition) is 2. The van der Waals surface area contributed by atoms with Gasteiger partial charge in [-0.3, -0.25) is 9.59 Å². The Hall–Kier alpha value is -1.09. The number of nitrogens with zero attached hydrogens (tertiary/aromatic N) is 1. The van der Waals surface area contributed by atoms with E-state index in [1.165, 1.54) is 0 Å². The molecule has 0 amide bonds. The van der Waals surface area contributed by atoms with Gasteiger partial charge in [-0.05, 0) is 30.5 Å². The van der Waals surface area contributed by atoms with Crippen LogP contribution in [0.5, 0.6) is 0 Å². The fraction of sp³-hybridized carbons (Fsp3) is 0.625. The molecule has 1 heterocycles.